The number of anilines is 3. The Morgan fingerprint density at radius 1 is 0.356 bits per heavy atom. The molecule has 2 nitrogen and oxygen atoms in total. The molecule has 2 heteroatoms. The number of rotatable bonds is 7. The number of hydrogen-bond donors (Lipinski definition) is 0. The van der Waals surface area contributed by atoms with Gasteiger partial charge in [-0.1, -0.05) is 184 Å². The van der Waals surface area contributed by atoms with Gasteiger partial charge >= 0.3 is 0 Å². The predicted octanol–water partition coefficient (Wildman–Crippen LogP) is 15.6. The van der Waals surface area contributed by atoms with E-state index in [9.17, 15) is 0 Å². The highest BCUT2D eigenvalue weighted by molar-refractivity contribution is 6.09. The lowest BCUT2D eigenvalue weighted by Gasteiger charge is -2.29. The Labute approximate surface area is 345 Å². The van der Waals surface area contributed by atoms with E-state index < -0.39 is 0 Å². The second kappa shape index (κ2) is 13.9. The Hall–Kier alpha value is -7.42. The first-order valence-electron chi connectivity index (χ1n) is 20.5. The quantitative estimate of drug-likeness (QED) is 0.157. The van der Waals surface area contributed by atoms with Crippen molar-refractivity contribution >= 4 is 38.9 Å². The monoisotopic (exact) mass is 754 g/mol. The number of benzene rings is 9. The third-order valence-corrected chi connectivity index (χ3v) is 12.4. The van der Waals surface area contributed by atoms with Crippen molar-refractivity contribution in [3.63, 3.8) is 0 Å². The molecule has 0 aliphatic heterocycles. The minimum absolute atomic E-state index is 0.0881. The van der Waals surface area contributed by atoms with E-state index in [-0.39, 0.29) is 5.41 Å². The van der Waals surface area contributed by atoms with Gasteiger partial charge in [0, 0.05) is 38.7 Å². The zero-order chi connectivity index (χ0) is 39.5. The maximum absolute atomic E-state index is 2.43. The first kappa shape index (κ1) is 34.8. The average molecular weight is 755 g/mol. The van der Waals surface area contributed by atoms with E-state index in [2.05, 4.69) is 242 Å². The zero-order valence-electron chi connectivity index (χ0n) is 33.2. The molecular formula is C57H42N2. The Bertz CT molecular complexity index is 3120. The molecular weight excluding hydrogens is 713 g/mol. The minimum atomic E-state index is -0.0881. The van der Waals surface area contributed by atoms with Crippen LogP contribution in [-0.2, 0) is 5.41 Å². The molecule has 11 rings (SSSR count). The number of aromatic nitrogens is 1. The van der Waals surface area contributed by atoms with Crippen LogP contribution >= 0.6 is 0 Å². The van der Waals surface area contributed by atoms with E-state index in [0.717, 1.165) is 22.7 Å². The molecule has 280 valence electrons. The lowest BCUT2D eigenvalue weighted by atomic mass is 9.82. The normalized spacial score (nSPS) is 12.7. The van der Waals surface area contributed by atoms with E-state index in [1.807, 2.05) is 0 Å². The van der Waals surface area contributed by atoms with Crippen LogP contribution in [0, 0.1) is 0 Å². The van der Waals surface area contributed by atoms with Crippen molar-refractivity contribution in [3.8, 4) is 50.2 Å². The fourth-order valence-electron chi connectivity index (χ4n) is 9.62. The van der Waals surface area contributed by atoms with E-state index in [1.54, 1.807) is 0 Å². The van der Waals surface area contributed by atoms with Crippen LogP contribution in [0.2, 0.25) is 0 Å². The predicted molar refractivity (Wildman–Crippen MR) is 249 cm³/mol. The Morgan fingerprint density at radius 2 is 0.847 bits per heavy atom. The highest BCUT2D eigenvalue weighted by atomic mass is 15.1. The van der Waals surface area contributed by atoms with Crippen molar-refractivity contribution in [2.75, 3.05) is 4.90 Å². The van der Waals surface area contributed by atoms with Crippen LogP contribution in [0.1, 0.15) is 25.0 Å². The zero-order valence-corrected chi connectivity index (χ0v) is 33.2. The summed E-state index contributed by atoms with van der Waals surface area (Å²) in [5, 5.41) is 2.52. The number of fused-ring (bicyclic) bond motifs is 6. The maximum Gasteiger partial charge on any atom is 0.0541 e. The van der Waals surface area contributed by atoms with E-state index in [1.165, 1.54) is 77.4 Å². The first-order chi connectivity index (χ1) is 29.1. The summed E-state index contributed by atoms with van der Waals surface area (Å²) in [5.74, 6) is 0. The Balaban J connectivity index is 1.07. The van der Waals surface area contributed by atoms with Crippen molar-refractivity contribution in [1.82, 2.24) is 4.57 Å². The Morgan fingerprint density at radius 3 is 1.54 bits per heavy atom. The molecule has 1 heterocycles. The summed E-state index contributed by atoms with van der Waals surface area (Å²) in [6, 6.07) is 79.7. The van der Waals surface area contributed by atoms with Crippen LogP contribution in [0.25, 0.3) is 72.0 Å². The molecule has 0 bridgehead atoms. The van der Waals surface area contributed by atoms with Gasteiger partial charge in [-0.3, -0.25) is 0 Å². The van der Waals surface area contributed by atoms with Crippen molar-refractivity contribution in [3.05, 3.63) is 230 Å². The van der Waals surface area contributed by atoms with Crippen LogP contribution in [0.15, 0.2) is 218 Å². The van der Waals surface area contributed by atoms with Gasteiger partial charge in [-0.25, -0.2) is 0 Å². The lowest BCUT2D eigenvalue weighted by Crippen LogP contribution is -2.14. The smallest absolute Gasteiger partial charge is 0.0541 e. The van der Waals surface area contributed by atoms with Crippen molar-refractivity contribution < 1.29 is 0 Å². The molecule has 0 fully saturated rings. The molecule has 9 aromatic carbocycles. The van der Waals surface area contributed by atoms with E-state index >= 15 is 0 Å². The largest absolute Gasteiger partial charge is 0.310 e. The minimum Gasteiger partial charge on any atom is -0.310 e. The highest BCUT2D eigenvalue weighted by Crippen LogP contribution is 2.54. The van der Waals surface area contributed by atoms with Gasteiger partial charge in [0.2, 0.25) is 0 Å². The molecule has 1 aliphatic rings. The summed E-state index contributed by atoms with van der Waals surface area (Å²) >= 11 is 0. The van der Waals surface area contributed by atoms with Gasteiger partial charge < -0.3 is 9.47 Å². The molecule has 0 saturated heterocycles. The molecule has 0 radical (unpaired) electrons. The topological polar surface area (TPSA) is 8.17 Å². The van der Waals surface area contributed by atoms with Crippen molar-refractivity contribution in [2.45, 2.75) is 19.3 Å². The number of para-hydroxylation sites is 4. The molecule has 0 N–H and O–H groups in total. The van der Waals surface area contributed by atoms with Crippen molar-refractivity contribution in [1.29, 1.82) is 0 Å². The van der Waals surface area contributed by atoms with E-state index in [4.69, 9.17) is 0 Å². The number of nitrogens with zero attached hydrogens (tertiary/aromatic N) is 2. The lowest BCUT2D eigenvalue weighted by molar-refractivity contribution is 0.660. The van der Waals surface area contributed by atoms with Gasteiger partial charge in [0.15, 0.2) is 0 Å². The van der Waals surface area contributed by atoms with E-state index in [0.29, 0.717) is 0 Å². The molecule has 1 aromatic heterocycles. The summed E-state index contributed by atoms with van der Waals surface area (Å²) in [6.45, 7) is 4.71. The molecule has 59 heavy (non-hydrogen) atoms. The molecule has 1 aliphatic carbocycles. The summed E-state index contributed by atoms with van der Waals surface area (Å²) < 4.78 is 2.42. The van der Waals surface area contributed by atoms with Crippen LogP contribution < -0.4 is 4.90 Å². The fourth-order valence-corrected chi connectivity index (χ4v) is 9.62. The molecule has 0 unspecified atom stereocenters. The highest BCUT2D eigenvalue weighted by Gasteiger charge is 2.37. The van der Waals surface area contributed by atoms with Gasteiger partial charge in [0.05, 0.1) is 22.4 Å². The third kappa shape index (κ3) is 5.63. The van der Waals surface area contributed by atoms with Crippen LogP contribution in [-0.4, -0.2) is 4.57 Å². The molecule has 0 spiro atoms. The maximum atomic E-state index is 2.43. The molecule has 10 aromatic rings. The van der Waals surface area contributed by atoms with Crippen LogP contribution in [0.5, 0.6) is 0 Å². The fraction of sp³-hybridized carbons (Fsp3) is 0.0526. The number of hydrogen-bond acceptors (Lipinski definition) is 1. The molecule has 0 amide bonds. The van der Waals surface area contributed by atoms with Gasteiger partial charge in [-0.05, 0) is 93.0 Å². The molecule has 0 atom stereocenters. The second-order valence-corrected chi connectivity index (χ2v) is 16.1. The van der Waals surface area contributed by atoms with Gasteiger partial charge in [-0.2, -0.15) is 0 Å². The van der Waals surface area contributed by atoms with Crippen molar-refractivity contribution in [2.24, 2.45) is 0 Å². The van der Waals surface area contributed by atoms with Gasteiger partial charge in [0.1, 0.15) is 0 Å². The molecule has 0 saturated carbocycles. The summed E-state index contributed by atoms with van der Waals surface area (Å²) in [7, 11) is 0. The third-order valence-electron chi connectivity index (χ3n) is 12.4. The Kier molecular flexibility index (Phi) is 8.20. The average Bonchev–Trinajstić information content (AvgIpc) is 3.76. The van der Waals surface area contributed by atoms with Crippen LogP contribution in [0.3, 0.4) is 0 Å². The first-order valence-corrected chi connectivity index (χ1v) is 20.5. The summed E-state index contributed by atoms with van der Waals surface area (Å²) in [4.78, 5) is 2.43. The van der Waals surface area contributed by atoms with Crippen LogP contribution in [0.4, 0.5) is 17.1 Å². The SMILES string of the molecule is CC1(C)c2ccccc2-c2c(-c3ccccc3N(c3ccc(-c4ccccc4)cc3)c3ccc(-c4ccccc4-n4c5ccccc5c5ccccc54)cc3)cccc21. The van der Waals surface area contributed by atoms with Gasteiger partial charge in [-0.15, -0.1) is 0 Å². The summed E-state index contributed by atoms with van der Waals surface area (Å²) in [5.41, 5.74) is 19.4. The van der Waals surface area contributed by atoms with Gasteiger partial charge in [0.25, 0.3) is 0 Å². The summed E-state index contributed by atoms with van der Waals surface area (Å²) in [6.07, 6.45) is 0. The standard InChI is InChI=1S/C57H42N2/c1-57(2)50-25-11-6-23-49(50)56-48(24-16-26-51(56)57)47-22-10-13-28-53(47)58(42-35-31-40(32-36-42)39-17-4-3-5-18-39)43-37-33-41(34-38-43)44-19-7-12-27-52(44)59-54-29-14-8-20-45(54)46-21-9-15-30-55(46)59/h3-38H,1-2H3. The second-order valence-electron chi connectivity index (χ2n) is 16.1.